The Hall–Kier alpha value is -5.98. The molecule has 50 heavy (non-hydrogen) atoms. The average Bonchev–Trinajstić information content (AvgIpc) is 3.12. The van der Waals surface area contributed by atoms with Gasteiger partial charge in [0.15, 0.2) is 23.0 Å². The Labute approximate surface area is 289 Å². The van der Waals surface area contributed by atoms with Crippen LogP contribution in [-0.2, 0) is 19.1 Å². The van der Waals surface area contributed by atoms with Crippen molar-refractivity contribution in [3.8, 4) is 51.0 Å². The molecule has 0 saturated heterocycles. The van der Waals surface area contributed by atoms with Crippen LogP contribution >= 0.6 is 0 Å². The maximum absolute atomic E-state index is 12.4. The van der Waals surface area contributed by atoms with E-state index < -0.39 is 23.9 Å². The van der Waals surface area contributed by atoms with Crippen LogP contribution in [0.2, 0.25) is 0 Å². The van der Waals surface area contributed by atoms with Gasteiger partial charge in [0.1, 0.15) is 5.75 Å². The Balaban J connectivity index is 1.99. The number of hydrogen-bond acceptors (Lipinski definition) is 11. The van der Waals surface area contributed by atoms with Crippen molar-refractivity contribution in [2.24, 2.45) is 0 Å². The van der Waals surface area contributed by atoms with Crippen molar-refractivity contribution in [2.45, 2.75) is 25.7 Å². The molecular weight excluding hydrogens is 652 g/mol. The van der Waals surface area contributed by atoms with E-state index in [1.165, 1.54) is 45.6 Å². The molecule has 3 aromatic rings. The van der Waals surface area contributed by atoms with Gasteiger partial charge in [0, 0.05) is 28.8 Å². The van der Waals surface area contributed by atoms with Crippen LogP contribution in [0, 0.1) is 0 Å². The standard InChI is InChI=1S/C37H40O13/c1-6-30(38)49-20-10-8-18-47-27-16-14-25(36(40)41)32(34(27)45-4)23-12-13-24(29(22-23)44-3)33-26(37(42)43)15-17-28(35(33)46-5)48-19-9-11-21-50-31(39)7-2/h6-7,12-17,22H,1-2,8-11,18-21H2,3-5H3,(H,40,41)(H,42,43). The minimum Gasteiger partial charge on any atom is -0.496 e. The van der Waals surface area contributed by atoms with Crippen molar-refractivity contribution in [1.29, 1.82) is 0 Å². The zero-order chi connectivity index (χ0) is 36.6. The largest absolute Gasteiger partial charge is 0.496 e. The van der Waals surface area contributed by atoms with Crippen LogP contribution in [0.5, 0.6) is 28.7 Å². The number of rotatable bonds is 21. The van der Waals surface area contributed by atoms with E-state index in [0.29, 0.717) is 36.8 Å². The third-order valence-electron chi connectivity index (χ3n) is 7.29. The third-order valence-corrected chi connectivity index (χ3v) is 7.29. The quantitative estimate of drug-likeness (QED) is 0.0733. The topological polar surface area (TPSA) is 173 Å². The van der Waals surface area contributed by atoms with Gasteiger partial charge >= 0.3 is 23.9 Å². The lowest BCUT2D eigenvalue weighted by molar-refractivity contribution is -0.138. The molecule has 0 aromatic heterocycles. The number of esters is 2. The second kappa shape index (κ2) is 19.1. The fraction of sp³-hybridized carbons (Fsp3) is 0.297. The van der Waals surface area contributed by atoms with Crippen LogP contribution in [0.25, 0.3) is 22.3 Å². The maximum Gasteiger partial charge on any atom is 0.336 e. The molecule has 0 atom stereocenters. The number of carboxylic acid groups (broad SMARTS) is 2. The summed E-state index contributed by atoms with van der Waals surface area (Å²) in [4.78, 5) is 47.2. The number of carbonyl (C=O) groups excluding carboxylic acids is 2. The lowest BCUT2D eigenvalue weighted by atomic mass is 9.92. The van der Waals surface area contributed by atoms with Crippen LogP contribution in [0.15, 0.2) is 67.8 Å². The molecule has 266 valence electrons. The molecule has 0 aliphatic heterocycles. The predicted octanol–water partition coefficient (Wildman–Crippen LogP) is 6.22. The molecule has 0 saturated carbocycles. The normalized spacial score (nSPS) is 10.4. The van der Waals surface area contributed by atoms with E-state index >= 15 is 0 Å². The molecule has 0 unspecified atom stereocenters. The summed E-state index contributed by atoms with van der Waals surface area (Å²) in [6, 6.07) is 10.6. The molecule has 0 spiro atoms. The first-order valence-corrected chi connectivity index (χ1v) is 15.5. The highest BCUT2D eigenvalue weighted by Gasteiger charge is 2.26. The van der Waals surface area contributed by atoms with Gasteiger partial charge in [0.25, 0.3) is 0 Å². The van der Waals surface area contributed by atoms with Crippen LogP contribution in [0.4, 0.5) is 0 Å². The number of hydrogen-bond donors (Lipinski definition) is 2. The van der Waals surface area contributed by atoms with E-state index in [-0.39, 0.29) is 77.4 Å². The highest BCUT2D eigenvalue weighted by molar-refractivity contribution is 6.02. The Morgan fingerprint density at radius 3 is 1.50 bits per heavy atom. The van der Waals surface area contributed by atoms with Crippen LogP contribution in [0.1, 0.15) is 46.4 Å². The molecule has 0 heterocycles. The second-order valence-corrected chi connectivity index (χ2v) is 10.4. The molecule has 3 aromatic carbocycles. The molecule has 0 fully saturated rings. The lowest BCUT2D eigenvalue weighted by Gasteiger charge is -2.20. The number of carbonyl (C=O) groups is 4. The van der Waals surface area contributed by atoms with Gasteiger partial charge in [-0.1, -0.05) is 19.2 Å². The molecule has 3 rings (SSSR count). The Kier molecular flexibility index (Phi) is 14.7. The zero-order valence-electron chi connectivity index (χ0n) is 28.2. The second-order valence-electron chi connectivity index (χ2n) is 10.4. The van der Waals surface area contributed by atoms with E-state index in [4.69, 9.17) is 33.2 Å². The number of carboxylic acids is 2. The first-order valence-electron chi connectivity index (χ1n) is 15.5. The third kappa shape index (κ3) is 9.78. The molecule has 2 N–H and O–H groups in total. The molecule has 0 radical (unpaired) electrons. The number of methoxy groups -OCH3 is 3. The zero-order valence-corrected chi connectivity index (χ0v) is 28.2. The van der Waals surface area contributed by atoms with Gasteiger partial charge in [0.05, 0.1) is 58.9 Å². The first-order chi connectivity index (χ1) is 24.1. The molecule has 13 nitrogen and oxygen atoms in total. The predicted molar refractivity (Wildman–Crippen MR) is 183 cm³/mol. The van der Waals surface area contributed by atoms with Crippen molar-refractivity contribution in [1.82, 2.24) is 0 Å². The first kappa shape index (κ1) is 38.5. The average molecular weight is 693 g/mol. The van der Waals surface area contributed by atoms with Gasteiger partial charge in [-0.05, 0) is 67.6 Å². The Bertz CT molecular complexity index is 1710. The highest BCUT2D eigenvalue weighted by Crippen LogP contribution is 2.47. The lowest BCUT2D eigenvalue weighted by Crippen LogP contribution is -2.08. The van der Waals surface area contributed by atoms with E-state index in [2.05, 4.69) is 13.2 Å². The van der Waals surface area contributed by atoms with E-state index in [0.717, 1.165) is 12.2 Å². The van der Waals surface area contributed by atoms with Gasteiger partial charge in [0.2, 0.25) is 0 Å². The van der Waals surface area contributed by atoms with Gasteiger partial charge in [-0.2, -0.15) is 0 Å². The number of benzene rings is 3. The van der Waals surface area contributed by atoms with Crippen LogP contribution in [0.3, 0.4) is 0 Å². The summed E-state index contributed by atoms with van der Waals surface area (Å²) >= 11 is 0. The van der Waals surface area contributed by atoms with Crippen LogP contribution in [-0.4, -0.2) is 81.8 Å². The number of aromatic carboxylic acids is 2. The van der Waals surface area contributed by atoms with Gasteiger partial charge in [-0.3, -0.25) is 0 Å². The van der Waals surface area contributed by atoms with Gasteiger partial charge in [-0.25, -0.2) is 19.2 Å². The summed E-state index contributed by atoms with van der Waals surface area (Å²) in [7, 11) is 4.17. The summed E-state index contributed by atoms with van der Waals surface area (Å²) in [5.74, 6) is -2.38. The van der Waals surface area contributed by atoms with Crippen LogP contribution < -0.4 is 23.7 Å². The van der Waals surface area contributed by atoms with Gasteiger partial charge in [-0.15, -0.1) is 0 Å². The minimum absolute atomic E-state index is 0.0706. The summed E-state index contributed by atoms with van der Waals surface area (Å²) in [6.07, 6.45) is 4.29. The Morgan fingerprint density at radius 1 is 0.600 bits per heavy atom. The van der Waals surface area contributed by atoms with Crippen molar-refractivity contribution in [2.75, 3.05) is 47.8 Å². The fourth-order valence-electron chi connectivity index (χ4n) is 4.96. The molecule has 0 aliphatic carbocycles. The van der Waals surface area contributed by atoms with Crippen molar-refractivity contribution < 1.29 is 62.5 Å². The van der Waals surface area contributed by atoms with E-state index in [1.807, 2.05) is 0 Å². The Morgan fingerprint density at radius 2 is 1.06 bits per heavy atom. The monoisotopic (exact) mass is 692 g/mol. The molecule has 13 heteroatoms. The number of unbranched alkanes of at least 4 members (excludes halogenated alkanes) is 2. The maximum atomic E-state index is 12.4. The van der Waals surface area contributed by atoms with Crippen molar-refractivity contribution >= 4 is 23.9 Å². The molecule has 0 aliphatic rings. The highest BCUT2D eigenvalue weighted by atomic mass is 16.5. The summed E-state index contributed by atoms with van der Waals surface area (Å²) < 4.78 is 38.9. The van der Waals surface area contributed by atoms with Gasteiger partial charge < -0.3 is 43.4 Å². The summed E-state index contributed by atoms with van der Waals surface area (Å²) in [5, 5.41) is 20.2. The molecule has 0 bridgehead atoms. The number of ether oxygens (including phenoxy) is 7. The smallest absolute Gasteiger partial charge is 0.336 e. The molecule has 0 amide bonds. The van der Waals surface area contributed by atoms with E-state index in [9.17, 15) is 29.4 Å². The minimum atomic E-state index is -1.22. The van der Waals surface area contributed by atoms with Crippen molar-refractivity contribution in [3.63, 3.8) is 0 Å². The summed E-state index contributed by atoms with van der Waals surface area (Å²) in [6.45, 7) is 7.55. The summed E-state index contributed by atoms with van der Waals surface area (Å²) in [5.41, 5.74) is 0.967. The SMILES string of the molecule is C=CC(=O)OCCCCOc1ccc(C(=O)O)c(-c2ccc(-c3c(C(=O)O)ccc(OCCCCOC(=O)C=C)c3OC)c(OC)c2)c1OC. The van der Waals surface area contributed by atoms with E-state index in [1.54, 1.807) is 18.2 Å². The van der Waals surface area contributed by atoms with Crippen molar-refractivity contribution in [3.05, 3.63) is 78.9 Å². The fourth-order valence-corrected chi connectivity index (χ4v) is 4.96. The molecular formula is C37H40O13.